The molecular formula is C27H64O10. The summed E-state index contributed by atoms with van der Waals surface area (Å²) in [6.45, 7) is 14.9. The summed E-state index contributed by atoms with van der Waals surface area (Å²) in [6, 6.07) is 0. The number of carbonyl (C=O) groups is 2. The monoisotopic (exact) mass is 548 g/mol. The van der Waals surface area contributed by atoms with Crippen LogP contribution in [0.2, 0.25) is 0 Å². The molecule has 10 heteroatoms. The molecule has 0 saturated heterocycles. The van der Waals surface area contributed by atoms with E-state index in [0.29, 0.717) is 19.8 Å². The maximum absolute atomic E-state index is 9.92. The lowest BCUT2D eigenvalue weighted by Gasteiger charge is -2.02. The van der Waals surface area contributed by atoms with Crippen molar-refractivity contribution in [1.82, 2.24) is 0 Å². The zero-order chi connectivity index (χ0) is 29.8. The number of aliphatic hydroxyl groups is 3. The zero-order valence-corrected chi connectivity index (χ0v) is 25.3. The van der Waals surface area contributed by atoms with E-state index in [4.69, 9.17) is 20.1 Å². The van der Waals surface area contributed by atoms with Crippen LogP contribution in [0.15, 0.2) is 0 Å². The lowest BCUT2D eigenvalue weighted by Crippen LogP contribution is -2.11. The van der Waals surface area contributed by atoms with Gasteiger partial charge in [0.05, 0.1) is 38.1 Å². The van der Waals surface area contributed by atoms with Crippen molar-refractivity contribution < 1.29 is 48.6 Å². The quantitative estimate of drug-likeness (QED) is 0.312. The van der Waals surface area contributed by atoms with Gasteiger partial charge in [0.15, 0.2) is 5.78 Å². The molecule has 0 saturated carbocycles. The average Bonchev–Trinajstić information content (AvgIpc) is 2.81. The summed E-state index contributed by atoms with van der Waals surface area (Å²) in [7, 11) is 7.96. The lowest BCUT2D eigenvalue weighted by atomic mass is 10.3. The number of hydrogen-bond donors (Lipinski definition) is 3. The fourth-order valence-corrected chi connectivity index (χ4v) is 1.34. The van der Waals surface area contributed by atoms with E-state index in [0.717, 1.165) is 32.3 Å². The molecule has 0 spiro atoms. The van der Waals surface area contributed by atoms with Crippen LogP contribution < -0.4 is 0 Å². The van der Waals surface area contributed by atoms with E-state index in [1.54, 1.807) is 28.4 Å². The van der Waals surface area contributed by atoms with E-state index >= 15 is 0 Å². The smallest absolute Gasteiger partial charge is 0.155 e. The molecule has 0 aromatic rings. The normalized spacial score (nSPS) is 11.2. The predicted octanol–water partition coefficient (Wildman–Crippen LogP) is 3.71. The molecule has 0 heterocycles. The van der Waals surface area contributed by atoms with Crippen molar-refractivity contribution in [3.8, 4) is 0 Å². The summed E-state index contributed by atoms with van der Waals surface area (Å²) >= 11 is 0. The Morgan fingerprint density at radius 2 is 0.865 bits per heavy atom. The molecule has 0 aliphatic carbocycles. The van der Waals surface area contributed by atoms with Crippen molar-refractivity contribution >= 4 is 11.6 Å². The van der Waals surface area contributed by atoms with Gasteiger partial charge in [-0.2, -0.15) is 0 Å². The number of rotatable bonds is 13. The van der Waals surface area contributed by atoms with Gasteiger partial charge in [-0.15, -0.1) is 0 Å². The second kappa shape index (κ2) is 51.6. The molecule has 3 N–H and O–H groups in total. The fraction of sp³-hybridized carbons (Fsp3) is 0.926. The van der Waals surface area contributed by atoms with Crippen LogP contribution in [0.25, 0.3) is 0 Å². The van der Waals surface area contributed by atoms with Crippen LogP contribution >= 0.6 is 0 Å². The first-order valence-electron chi connectivity index (χ1n) is 12.3. The molecule has 10 nitrogen and oxygen atoms in total. The Morgan fingerprint density at radius 1 is 0.595 bits per heavy atom. The molecule has 0 rings (SSSR count). The van der Waals surface area contributed by atoms with Crippen LogP contribution in [0.3, 0.4) is 0 Å². The first kappa shape index (κ1) is 52.5. The number of aliphatic hydroxyl groups excluding tert-OH is 3. The third-order valence-corrected chi connectivity index (χ3v) is 3.25. The van der Waals surface area contributed by atoms with E-state index in [2.05, 4.69) is 25.9 Å². The van der Waals surface area contributed by atoms with Crippen molar-refractivity contribution in [1.29, 1.82) is 0 Å². The van der Waals surface area contributed by atoms with Gasteiger partial charge >= 0.3 is 0 Å². The summed E-state index contributed by atoms with van der Waals surface area (Å²) < 4.78 is 23.1. The fourth-order valence-electron chi connectivity index (χ4n) is 1.34. The molecule has 0 fully saturated rings. The van der Waals surface area contributed by atoms with E-state index < -0.39 is 0 Å². The predicted molar refractivity (Wildman–Crippen MR) is 152 cm³/mol. The Balaban J connectivity index is -0.0000000586. The Kier molecular flexibility index (Phi) is 73.2. The van der Waals surface area contributed by atoms with Gasteiger partial charge in [0.1, 0.15) is 12.4 Å². The minimum atomic E-state index is -0.273. The number of carbonyl (C=O) groups excluding carboxylic acids is 2. The second-order valence-corrected chi connectivity index (χ2v) is 7.59. The van der Waals surface area contributed by atoms with Gasteiger partial charge < -0.3 is 43.8 Å². The van der Waals surface area contributed by atoms with Crippen molar-refractivity contribution in [2.75, 3.05) is 68.6 Å². The van der Waals surface area contributed by atoms with Gasteiger partial charge in [0, 0.05) is 42.2 Å². The average molecular weight is 549 g/mol. The summed E-state index contributed by atoms with van der Waals surface area (Å²) in [4.78, 5) is 19.4. The van der Waals surface area contributed by atoms with Gasteiger partial charge in [-0.25, -0.2) is 0 Å². The standard InChI is InChI=1S/3C5H12O2.C4H8O2.C4H10O.C3H6O.CH4/c3*1-3-5(6)4-7-2;1-4(5)3-6-2;1-3-4-5-2;1-3(2)4;/h3*5-6H,3-4H2,1-2H3;3H2,1-2H3;3-4H2,1-2H3;1-2H3;1H4/t2*5-;;;;;/m10...../s1. The highest BCUT2D eigenvalue weighted by molar-refractivity contribution is 5.76. The largest absolute Gasteiger partial charge is 0.391 e. The molecule has 0 bridgehead atoms. The van der Waals surface area contributed by atoms with Crippen molar-refractivity contribution in [2.45, 2.75) is 99.9 Å². The molecule has 0 radical (unpaired) electrons. The molecule has 0 aromatic carbocycles. The molecule has 37 heavy (non-hydrogen) atoms. The Labute approximate surface area is 229 Å². The number of hydrogen-bond acceptors (Lipinski definition) is 10. The maximum Gasteiger partial charge on any atom is 0.155 e. The van der Waals surface area contributed by atoms with E-state index in [1.807, 2.05) is 20.8 Å². The van der Waals surface area contributed by atoms with Crippen LogP contribution in [-0.4, -0.2) is 114 Å². The van der Waals surface area contributed by atoms with Crippen molar-refractivity contribution in [2.24, 2.45) is 0 Å². The number of methoxy groups -OCH3 is 5. The molecule has 3 atom stereocenters. The van der Waals surface area contributed by atoms with Crippen LogP contribution in [0.1, 0.15) is 81.6 Å². The summed E-state index contributed by atoms with van der Waals surface area (Å²) in [5.41, 5.74) is 0. The van der Waals surface area contributed by atoms with Crippen LogP contribution in [0.4, 0.5) is 0 Å². The summed E-state index contributed by atoms with van der Waals surface area (Å²) in [5.74, 6) is 0.234. The van der Waals surface area contributed by atoms with Gasteiger partial charge in [-0.05, 0) is 46.5 Å². The molecule has 1 unspecified atom stereocenters. The van der Waals surface area contributed by atoms with Gasteiger partial charge in [0.25, 0.3) is 0 Å². The minimum absolute atomic E-state index is 0. The molecule has 0 amide bonds. The Hall–Kier alpha value is -0.980. The first-order valence-corrected chi connectivity index (χ1v) is 12.3. The van der Waals surface area contributed by atoms with Crippen LogP contribution in [0.5, 0.6) is 0 Å². The SMILES string of the molecule is C.CC(C)=O.CCC(O)COC.CCCOC.CC[C@@H](O)COC.CC[C@H](O)COC.COCC(C)=O. The van der Waals surface area contributed by atoms with E-state index in [9.17, 15) is 9.59 Å². The zero-order valence-electron chi connectivity index (χ0n) is 25.3. The van der Waals surface area contributed by atoms with Crippen LogP contribution in [0, 0.1) is 0 Å². The van der Waals surface area contributed by atoms with Crippen LogP contribution in [-0.2, 0) is 33.3 Å². The van der Waals surface area contributed by atoms with E-state index in [1.165, 1.54) is 27.9 Å². The summed E-state index contributed by atoms with van der Waals surface area (Å²) in [5, 5.41) is 26.2. The van der Waals surface area contributed by atoms with Gasteiger partial charge in [-0.1, -0.05) is 35.1 Å². The highest BCUT2D eigenvalue weighted by Crippen LogP contribution is 1.88. The first-order chi connectivity index (χ1) is 16.8. The second-order valence-electron chi connectivity index (χ2n) is 7.59. The van der Waals surface area contributed by atoms with Gasteiger partial charge in [0.2, 0.25) is 0 Å². The maximum atomic E-state index is 9.92. The molecule has 232 valence electrons. The highest BCUT2D eigenvalue weighted by atomic mass is 16.5. The van der Waals surface area contributed by atoms with Crippen molar-refractivity contribution in [3.63, 3.8) is 0 Å². The summed E-state index contributed by atoms with van der Waals surface area (Å²) in [6.07, 6.45) is 2.62. The lowest BCUT2D eigenvalue weighted by molar-refractivity contribution is -0.120. The van der Waals surface area contributed by atoms with Crippen molar-refractivity contribution in [3.05, 3.63) is 0 Å². The molecule has 0 aliphatic heterocycles. The third-order valence-electron chi connectivity index (χ3n) is 3.25. The molecule has 0 aliphatic rings. The minimum Gasteiger partial charge on any atom is -0.391 e. The molecular weight excluding hydrogens is 484 g/mol. The van der Waals surface area contributed by atoms with Gasteiger partial charge in [-0.3, -0.25) is 4.79 Å². The highest BCUT2D eigenvalue weighted by Gasteiger charge is 1.96. The number of ketones is 2. The Morgan fingerprint density at radius 3 is 0.892 bits per heavy atom. The number of ether oxygens (including phenoxy) is 5. The topological polar surface area (TPSA) is 141 Å². The third kappa shape index (κ3) is 106. The molecule has 0 aromatic heterocycles. The van der Waals surface area contributed by atoms with E-state index in [-0.39, 0.29) is 43.9 Å². The number of Topliss-reactive ketones (excluding diaryl/α,β-unsaturated/α-hetero) is 2. The Bertz CT molecular complexity index is 348.